The lowest BCUT2D eigenvalue weighted by atomic mass is 10.2. The number of benzene rings is 2. The minimum Gasteiger partial charge on any atom is -0.379 e. The van der Waals surface area contributed by atoms with Gasteiger partial charge in [0.15, 0.2) is 5.13 Å². The molecule has 0 saturated carbocycles. The van der Waals surface area contributed by atoms with Crippen LogP contribution < -0.4 is 4.90 Å². The summed E-state index contributed by atoms with van der Waals surface area (Å²) < 4.78 is 33.9. The summed E-state index contributed by atoms with van der Waals surface area (Å²) in [5.41, 5.74) is 2.29. The third kappa shape index (κ3) is 7.22. The fourth-order valence-corrected chi connectivity index (χ4v) is 7.00. The first-order valence-corrected chi connectivity index (χ1v) is 15.4. The summed E-state index contributed by atoms with van der Waals surface area (Å²) in [5, 5.41) is 18.4. The van der Waals surface area contributed by atoms with Crippen LogP contribution in [0.4, 0.5) is 5.13 Å². The van der Waals surface area contributed by atoms with E-state index in [0.29, 0.717) is 30.5 Å². The van der Waals surface area contributed by atoms with Crippen molar-refractivity contribution < 1.29 is 17.9 Å². The summed E-state index contributed by atoms with van der Waals surface area (Å²) in [5.74, 6) is -0.257. The second kappa shape index (κ2) is 13.8. The molecule has 0 unspecified atom stereocenters. The van der Waals surface area contributed by atoms with Crippen molar-refractivity contribution in [2.75, 3.05) is 57.4 Å². The lowest BCUT2D eigenvalue weighted by molar-refractivity contribution is 0.0376. The molecule has 2 heterocycles. The van der Waals surface area contributed by atoms with Crippen LogP contribution in [0.15, 0.2) is 47.4 Å². The van der Waals surface area contributed by atoms with Crippen LogP contribution in [0.5, 0.6) is 0 Å². The molecular formula is C28H32N6O4S2. The highest BCUT2D eigenvalue weighted by Crippen LogP contribution is 2.31. The fraction of sp³-hybridized carbons (Fsp3) is 0.429. The van der Waals surface area contributed by atoms with E-state index in [1.165, 1.54) is 35.6 Å². The Morgan fingerprint density at radius 2 is 1.73 bits per heavy atom. The first-order valence-electron chi connectivity index (χ1n) is 13.2. The van der Waals surface area contributed by atoms with Gasteiger partial charge in [0.25, 0.3) is 5.91 Å². The molecule has 1 saturated heterocycles. The molecule has 1 amide bonds. The van der Waals surface area contributed by atoms with Gasteiger partial charge in [-0.1, -0.05) is 17.4 Å². The SMILES string of the molecule is Cc1ccc2nc(N(CCCN3CCOCC3)C(=O)c3ccc(S(=O)(=O)N(CCC#N)CCC#N)cc3)sc2c1. The predicted octanol–water partition coefficient (Wildman–Crippen LogP) is 3.79. The highest BCUT2D eigenvalue weighted by atomic mass is 32.2. The number of fused-ring (bicyclic) bond motifs is 1. The third-order valence-corrected chi connectivity index (χ3v) is 9.61. The molecule has 210 valence electrons. The second-order valence-corrected chi connectivity index (χ2v) is 12.4. The van der Waals surface area contributed by atoms with Gasteiger partial charge in [-0.2, -0.15) is 14.8 Å². The van der Waals surface area contributed by atoms with Gasteiger partial charge >= 0.3 is 0 Å². The molecule has 0 bridgehead atoms. The molecule has 0 aliphatic carbocycles. The van der Waals surface area contributed by atoms with Gasteiger partial charge in [-0.05, 0) is 55.3 Å². The number of nitrogens with zero attached hydrogens (tertiary/aromatic N) is 6. The van der Waals surface area contributed by atoms with Crippen LogP contribution >= 0.6 is 11.3 Å². The number of anilines is 1. The van der Waals surface area contributed by atoms with Crippen LogP contribution in [0.1, 0.15) is 35.2 Å². The lowest BCUT2D eigenvalue weighted by Gasteiger charge is -2.27. The molecule has 4 rings (SSSR count). The van der Waals surface area contributed by atoms with E-state index in [4.69, 9.17) is 20.2 Å². The van der Waals surface area contributed by atoms with Crippen LogP contribution in [-0.2, 0) is 14.8 Å². The molecule has 0 spiro atoms. The number of aromatic nitrogens is 1. The van der Waals surface area contributed by atoms with Crippen LogP contribution in [0.25, 0.3) is 10.2 Å². The monoisotopic (exact) mass is 580 g/mol. The Balaban J connectivity index is 1.57. The molecule has 10 nitrogen and oxygen atoms in total. The maximum atomic E-state index is 13.8. The summed E-state index contributed by atoms with van der Waals surface area (Å²) in [4.78, 5) is 22.5. The van der Waals surface area contributed by atoms with Gasteiger partial charge in [-0.3, -0.25) is 14.6 Å². The zero-order valence-corrected chi connectivity index (χ0v) is 24.1. The Morgan fingerprint density at radius 1 is 1.05 bits per heavy atom. The minimum absolute atomic E-state index is 0.00477. The molecule has 0 radical (unpaired) electrons. The topological polar surface area (TPSA) is 131 Å². The number of ether oxygens (including phenoxy) is 1. The van der Waals surface area contributed by atoms with Gasteiger partial charge in [0.05, 0.1) is 40.5 Å². The minimum atomic E-state index is -3.93. The average molecular weight is 581 g/mol. The van der Waals surface area contributed by atoms with Crippen molar-refractivity contribution in [3.63, 3.8) is 0 Å². The number of thiazole rings is 1. The summed E-state index contributed by atoms with van der Waals surface area (Å²) in [6.07, 6.45) is 0.782. The van der Waals surface area contributed by atoms with Gasteiger partial charge in [-0.25, -0.2) is 13.4 Å². The van der Waals surface area contributed by atoms with Crippen molar-refractivity contribution in [3.05, 3.63) is 53.6 Å². The van der Waals surface area contributed by atoms with E-state index in [1.807, 2.05) is 31.2 Å². The van der Waals surface area contributed by atoms with Gasteiger partial charge in [0.1, 0.15) is 0 Å². The zero-order valence-electron chi connectivity index (χ0n) is 22.5. The third-order valence-electron chi connectivity index (χ3n) is 6.65. The summed E-state index contributed by atoms with van der Waals surface area (Å²) in [7, 11) is -3.93. The first kappa shape index (κ1) is 29.6. The molecular weight excluding hydrogens is 548 g/mol. The fourth-order valence-electron chi connectivity index (χ4n) is 4.47. The van der Waals surface area contributed by atoms with Crippen LogP contribution in [0, 0.1) is 29.6 Å². The quantitative estimate of drug-likeness (QED) is 0.316. The number of rotatable bonds is 12. The number of sulfonamides is 1. The second-order valence-electron chi connectivity index (χ2n) is 9.48. The molecule has 1 aliphatic rings. The summed E-state index contributed by atoms with van der Waals surface area (Å²) in [6, 6.07) is 15.7. The molecule has 0 atom stereocenters. The molecule has 1 aliphatic heterocycles. The van der Waals surface area contributed by atoms with Crippen LogP contribution in [0.3, 0.4) is 0 Å². The van der Waals surface area contributed by atoms with Crippen molar-refractivity contribution in [3.8, 4) is 12.1 Å². The number of morpholine rings is 1. The Hall–Kier alpha value is -3.39. The highest BCUT2D eigenvalue weighted by Gasteiger charge is 2.26. The number of amides is 1. The number of carbonyl (C=O) groups is 1. The van der Waals surface area contributed by atoms with E-state index >= 15 is 0 Å². The normalized spacial score (nSPS) is 14.2. The van der Waals surface area contributed by atoms with Crippen molar-refractivity contribution in [2.45, 2.75) is 31.1 Å². The molecule has 12 heteroatoms. The molecule has 2 aromatic carbocycles. The molecule has 1 fully saturated rings. The van der Waals surface area contributed by atoms with Crippen molar-refractivity contribution in [1.82, 2.24) is 14.2 Å². The van der Waals surface area contributed by atoms with Crippen molar-refractivity contribution in [1.29, 1.82) is 10.5 Å². The molecule has 40 heavy (non-hydrogen) atoms. The summed E-state index contributed by atoms with van der Waals surface area (Å²) >= 11 is 1.46. The van der Waals surface area contributed by atoms with Gasteiger partial charge in [0.2, 0.25) is 10.0 Å². The van der Waals surface area contributed by atoms with Gasteiger partial charge in [-0.15, -0.1) is 0 Å². The van der Waals surface area contributed by atoms with Crippen LogP contribution in [0.2, 0.25) is 0 Å². The van der Waals surface area contributed by atoms with Gasteiger partial charge in [0, 0.05) is 57.7 Å². The smallest absolute Gasteiger partial charge is 0.260 e. The summed E-state index contributed by atoms with van der Waals surface area (Å²) in [6.45, 7) is 6.44. The lowest BCUT2D eigenvalue weighted by Crippen LogP contribution is -2.39. The Bertz CT molecular complexity index is 1480. The Labute approximate surface area is 239 Å². The van der Waals surface area contributed by atoms with Crippen LogP contribution in [-0.4, -0.2) is 81.0 Å². The van der Waals surface area contributed by atoms with E-state index < -0.39 is 10.0 Å². The number of aryl methyl sites for hydroxylation is 1. The number of hydrogen-bond donors (Lipinski definition) is 0. The molecule has 0 N–H and O–H groups in total. The Morgan fingerprint density at radius 3 is 2.38 bits per heavy atom. The maximum absolute atomic E-state index is 13.8. The van der Waals surface area contributed by atoms with E-state index in [9.17, 15) is 13.2 Å². The Kier molecular flexibility index (Phi) is 10.2. The number of nitriles is 2. The average Bonchev–Trinajstić information content (AvgIpc) is 3.38. The first-order chi connectivity index (χ1) is 19.3. The van der Waals surface area contributed by atoms with E-state index in [0.717, 1.165) is 46.1 Å². The standard InChI is InChI=1S/C28H32N6O4S2/c1-22-5-10-25-26(21-22)39-28(31-25)34(16-4-13-32-17-19-38-20-18-32)27(35)23-6-8-24(9-7-23)40(36,37)33(14-2-11-29)15-3-12-30/h5-10,21H,2-4,13-20H2,1H3. The number of carbonyl (C=O) groups excluding carboxylic acids is 1. The largest absolute Gasteiger partial charge is 0.379 e. The molecule has 1 aromatic heterocycles. The van der Waals surface area contributed by atoms with E-state index in [1.54, 1.807) is 4.90 Å². The van der Waals surface area contributed by atoms with Crippen molar-refractivity contribution in [2.24, 2.45) is 0 Å². The zero-order chi connectivity index (χ0) is 28.5. The predicted molar refractivity (Wildman–Crippen MR) is 154 cm³/mol. The maximum Gasteiger partial charge on any atom is 0.260 e. The van der Waals surface area contributed by atoms with E-state index in [-0.39, 0.29) is 36.7 Å². The number of hydrogen-bond acceptors (Lipinski definition) is 9. The molecule has 3 aromatic rings. The van der Waals surface area contributed by atoms with E-state index in [2.05, 4.69) is 11.0 Å². The van der Waals surface area contributed by atoms with Gasteiger partial charge < -0.3 is 4.74 Å². The highest BCUT2D eigenvalue weighted by molar-refractivity contribution is 7.89. The van der Waals surface area contributed by atoms with Crippen molar-refractivity contribution >= 4 is 42.6 Å².